The molecule has 0 spiro atoms. The lowest BCUT2D eigenvalue weighted by Gasteiger charge is -2.02. The number of rotatable bonds is 15. The molecule has 19 heavy (non-hydrogen) atoms. The number of unbranched alkanes of at least 4 members (excludes halogenated alkanes) is 12. The summed E-state index contributed by atoms with van der Waals surface area (Å²) >= 11 is 0. The second-order valence-corrected chi connectivity index (χ2v) is 5.46. The lowest BCUT2D eigenvalue weighted by Crippen LogP contribution is -1.93. The molecule has 0 amide bonds. The highest BCUT2D eigenvalue weighted by Gasteiger charge is 1.96. The van der Waals surface area contributed by atoms with Crippen molar-refractivity contribution < 1.29 is 9.90 Å². The van der Waals surface area contributed by atoms with Crippen LogP contribution in [-0.4, -0.2) is 11.1 Å². The van der Waals surface area contributed by atoms with Gasteiger partial charge in [0.2, 0.25) is 0 Å². The monoisotopic (exact) mass is 268 g/mol. The van der Waals surface area contributed by atoms with Gasteiger partial charge in [-0.1, -0.05) is 70.3 Å². The number of hydrogen-bond donors (Lipinski definition) is 1. The zero-order valence-corrected chi connectivity index (χ0v) is 12.5. The highest BCUT2D eigenvalue weighted by Crippen LogP contribution is 2.12. The van der Waals surface area contributed by atoms with E-state index in [2.05, 4.69) is 6.58 Å². The van der Waals surface area contributed by atoms with Crippen LogP contribution in [0.4, 0.5) is 0 Å². The van der Waals surface area contributed by atoms with Crippen molar-refractivity contribution in [2.24, 2.45) is 0 Å². The maximum atomic E-state index is 10.3. The number of carbonyl (C=O) groups is 1. The first-order chi connectivity index (χ1) is 9.27. The molecule has 1 N–H and O–H groups in total. The van der Waals surface area contributed by atoms with Crippen LogP contribution >= 0.6 is 0 Å². The number of hydrogen-bond acceptors (Lipinski definition) is 1. The van der Waals surface area contributed by atoms with Crippen molar-refractivity contribution in [3.63, 3.8) is 0 Å². The molecule has 0 aromatic carbocycles. The molecule has 0 saturated carbocycles. The Balaban J connectivity index is 2.95. The van der Waals surface area contributed by atoms with Crippen molar-refractivity contribution in [2.75, 3.05) is 0 Å². The van der Waals surface area contributed by atoms with Gasteiger partial charge in [-0.2, -0.15) is 0 Å². The summed E-state index contributed by atoms with van der Waals surface area (Å²) in [6.45, 7) is 3.73. The topological polar surface area (TPSA) is 37.3 Å². The third-order valence-corrected chi connectivity index (χ3v) is 3.55. The molecule has 2 heteroatoms. The number of allylic oxidation sites excluding steroid dienone is 1. The predicted molar refractivity (Wildman–Crippen MR) is 82.5 cm³/mol. The molecule has 0 aliphatic carbocycles. The Morgan fingerprint density at radius 2 is 1.11 bits per heavy atom. The zero-order valence-electron chi connectivity index (χ0n) is 12.5. The van der Waals surface area contributed by atoms with Crippen LogP contribution in [0.3, 0.4) is 0 Å². The van der Waals surface area contributed by atoms with Gasteiger partial charge < -0.3 is 5.11 Å². The Kier molecular flexibility index (Phi) is 14.6. The molecule has 2 nitrogen and oxygen atoms in total. The van der Waals surface area contributed by atoms with Crippen molar-refractivity contribution in [2.45, 2.75) is 89.9 Å². The normalized spacial score (nSPS) is 10.5. The Morgan fingerprint density at radius 3 is 1.47 bits per heavy atom. The maximum Gasteiger partial charge on any atom is 0.303 e. The van der Waals surface area contributed by atoms with Crippen molar-refractivity contribution in [3.8, 4) is 0 Å². The fraction of sp³-hybridized carbons (Fsp3) is 0.824. The van der Waals surface area contributed by atoms with Gasteiger partial charge in [-0.25, -0.2) is 0 Å². The number of aliphatic carboxylic acids is 1. The first-order valence-corrected chi connectivity index (χ1v) is 8.10. The summed E-state index contributed by atoms with van der Waals surface area (Å²) in [7, 11) is 0. The van der Waals surface area contributed by atoms with Gasteiger partial charge in [0.1, 0.15) is 0 Å². The second kappa shape index (κ2) is 15.3. The number of carboxylic acid groups (broad SMARTS) is 1. The van der Waals surface area contributed by atoms with Crippen molar-refractivity contribution in [1.29, 1.82) is 0 Å². The van der Waals surface area contributed by atoms with Crippen molar-refractivity contribution >= 4 is 5.97 Å². The van der Waals surface area contributed by atoms with Gasteiger partial charge in [-0.3, -0.25) is 4.79 Å². The van der Waals surface area contributed by atoms with E-state index in [1.165, 1.54) is 70.6 Å². The predicted octanol–water partition coefficient (Wildman–Crippen LogP) is 5.72. The summed E-state index contributed by atoms with van der Waals surface area (Å²) in [5.74, 6) is -0.659. The Bertz CT molecular complexity index is 211. The molecule has 0 fully saturated rings. The molecule has 0 aliphatic heterocycles. The van der Waals surface area contributed by atoms with Crippen LogP contribution in [-0.2, 0) is 4.79 Å². The fourth-order valence-electron chi connectivity index (χ4n) is 2.33. The number of carboxylic acids is 1. The largest absolute Gasteiger partial charge is 0.481 e. The van der Waals surface area contributed by atoms with E-state index in [0.29, 0.717) is 6.42 Å². The van der Waals surface area contributed by atoms with E-state index < -0.39 is 5.97 Å². The van der Waals surface area contributed by atoms with Crippen molar-refractivity contribution in [1.82, 2.24) is 0 Å². The molecule has 0 aromatic heterocycles. The molecule has 0 unspecified atom stereocenters. The van der Waals surface area contributed by atoms with E-state index in [1.54, 1.807) is 0 Å². The molecule has 0 radical (unpaired) electrons. The summed E-state index contributed by atoms with van der Waals surface area (Å²) in [4.78, 5) is 10.3. The molecule has 0 aromatic rings. The molecule has 0 atom stereocenters. The molecule has 112 valence electrons. The summed E-state index contributed by atoms with van der Waals surface area (Å²) < 4.78 is 0. The lowest BCUT2D eigenvalue weighted by atomic mass is 10.0. The van der Waals surface area contributed by atoms with E-state index in [4.69, 9.17) is 5.11 Å². The van der Waals surface area contributed by atoms with Gasteiger partial charge in [-0.15, -0.1) is 6.58 Å². The van der Waals surface area contributed by atoms with Crippen LogP contribution in [0.15, 0.2) is 12.7 Å². The van der Waals surface area contributed by atoms with Gasteiger partial charge in [0, 0.05) is 6.42 Å². The van der Waals surface area contributed by atoms with E-state index in [1.807, 2.05) is 6.08 Å². The first kappa shape index (κ1) is 18.2. The molecular formula is C17H32O2. The van der Waals surface area contributed by atoms with Gasteiger partial charge in [-0.05, 0) is 19.3 Å². The van der Waals surface area contributed by atoms with E-state index in [9.17, 15) is 4.79 Å². The third kappa shape index (κ3) is 17.2. The third-order valence-electron chi connectivity index (χ3n) is 3.55. The van der Waals surface area contributed by atoms with E-state index >= 15 is 0 Å². The summed E-state index contributed by atoms with van der Waals surface area (Å²) in [5.41, 5.74) is 0. The average molecular weight is 268 g/mol. The van der Waals surface area contributed by atoms with Crippen LogP contribution in [0.5, 0.6) is 0 Å². The van der Waals surface area contributed by atoms with Gasteiger partial charge in [0.05, 0.1) is 0 Å². The Hall–Kier alpha value is -0.790. The summed E-state index contributed by atoms with van der Waals surface area (Å²) in [6.07, 6.45) is 18.8. The van der Waals surface area contributed by atoms with Crippen LogP contribution in [0.25, 0.3) is 0 Å². The molecule has 0 aliphatic rings. The average Bonchev–Trinajstić information content (AvgIpc) is 2.39. The van der Waals surface area contributed by atoms with Crippen LogP contribution in [0.2, 0.25) is 0 Å². The standard InChI is InChI=1S/C17H32O2/c1-2-3-4-5-6-7-8-9-10-11-12-13-14-15-16-17(18)19/h2H,1,3-16H2,(H,18,19). The quantitative estimate of drug-likeness (QED) is 0.305. The van der Waals surface area contributed by atoms with Gasteiger partial charge in [0.15, 0.2) is 0 Å². The zero-order chi connectivity index (χ0) is 14.2. The molecule has 0 saturated heterocycles. The highest BCUT2D eigenvalue weighted by molar-refractivity contribution is 5.66. The first-order valence-electron chi connectivity index (χ1n) is 8.10. The molecule has 0 rings (SSSR count). The van der Waals surface area contributed by atoms with Gasteiger partial charge in [0.25, 0.3) is 0 Å². The second-order valence-electron chi connectivity index (χ2n) is 5.46. The minimum atomic E-state index is -0.659. The summed E-state index contributed by atoms with van der Waals surface area (Å²) in [5, 5.41) is 8.50. The van der Waals surface area contributed by atoms with Crippen LogP contribution in [0, 0.1) is 0 Å². The lowest BCUT2D eigenvalue weighted by molar-refractivity contribution is -0.137. The molecule has 0 heterocycles. The van der Waals surface area contributed by atoms with Crippen molar-refractivity contribution in [3.05, 3.63) is 12.7 Å². The maximum absolute atomic E-state index is 10.3. The fourth-order valence-corrected chi connectivity index (χ4v) is 2.33. The van der Waals surface area contributed by atoms with Crippen LogP contribution < -0.4 is 0 Å². The van der Waals surface area contributed by atoms with Gasteiger partial charge >= 0.3 is 5.97 Å². The van der Waals surface area contributed by atoms with Crippen LogP contribution in [0.1, 0.15) is 89.9 Å². The Labute approximate surface area is 119 Å². The SMILES string of the molecule is C=CCCCCCCCCCCCCCCC(=O)O. The smallest absolute Gasteiger partial charge is 0.303 e. The highest BCUT2D eigenvalue weighted by atomic mass is 16.4. The minimum absolute atomic E-state index is 0.339. The van der Waals surface area contributed by atoms with E-state index in [0.717, 1.165) is 12.8 Å². The Morgan fingerprint density at radius 1 is 0.737 bits per heavy atom. The molecule has 0 bridgehead atoms. The minimum Gasteiger partial charge on any atom is -0.481 e. The molecular weight excluding hydrogens is 236 g/mol. The summed E-state index contributed by atoms with van der Waals surface area (Å²) in [6, 6.07) is 0. The van der Waals surface area contributed by atoms with E-state index in [-0.39, 0.29) is 0 Å².